The highest BCUT2D eigenvalue weighted by atomic mass is 19.4. The summed E-state index contributed by atoms with van der Waals surface area (Å²) in [6.07, 6.45) is -3.65. The van der Waals surface area contributed by atoms with Crippen LogP contribution in [0.1, 0.15) is 31.9 Å². The number of rotatable bonds is 4. The van der Waals surface area contributed by atoms with Gasteiger partial charge in [-0.3, -0.25) is 0 Å². The number of hydrogen-bond donors (Lipinski definition) is 1. The minimum absolute atomic E-state index is 0.169. The summed E-state index contributed by atoms with van der Waals surface area (Å²) in [5, 5.41) is 2.63. The molecule has 0 spiro atoms. The predicted octanol–water partition coefficient (Wildman–Crippen LogP) is 2.96. The number of aromatic nitrogens is 2. The maximum atomic E-state index is 11.9. The summed E-state index contributed by atoms with van der Waals surface area (Å²) in [6, 6.07) is 1.67. The number of hydrogen-bond acceptors (Lipinski definition) is 3. The molecule has 90 valence electrons. The molecule has 1 heterocycles. The molecule has 0 aliphatic heterocycles. The molecule has 0 fully saturated rings. The van der Waals surface area contributed by atoms with E-state index in [4.69, 9.17) is 0 Å². The molecule has 0 saturated carbocycles. The Hall–Kier alpha value is -1.33. The van der Waals surface area contributed by atoms with Crippen LogP contribution in [0.15, 0.2) is 12.4 Å². The van der Waals surface area contributed by atoms with Gasteiger partial charge in [0.1, 0.15) is 12.1 Å². The first-order valence-corrected chi connectivity index (χ1v) is 5.01. The van der Waals surface area contributed by atoms with E-state index in [2.05, 4.69) is 15.3 Å². The van der Waals surface area contributed by atoms with Gasteiger partial charge in [-0.25, -0.2) is 9.97 Å². The fourth-order valence-electron chi connectivity index (χ4n) is 1.12. The molecular weight excluding hydrogens is 219 g/mol. The third-order valence-electron chi connectivity index (χ3n) is 1.99. The number of anilines is 1. The number of halogens is 3. The molecule has 1 aromatic rings. The van der Waals surface area contributed by atoms with Crippen LogP contribution in [-0.2, 0) is 0 Å². The molecule has 1 rings (SSSR count). The summed E-state index contributed by atoms with van der Waals surface area (Å²) in [5.74, 6) is 0.661. The average Bonchev–Trinajstić information content (AvgIpc) is 2.16. The Balaban J connectivity index is 2.51. The SMILES string of the molecule is CC(C)c1cc(NCCC(F)(F)F)ncn1. The van der Waals surface area contributed by atoms with Crippen molar-refractivity contribution in [2.45, 2.75) is 32.4 Å². The second-order valence-corrected chi connectivity index (χ2v) is 3.77. The molecule has 0 radical (unpaired) electrons. The van der Waals surface area contributed by atoms with Crippen molar-refractivity contribution in [3.8, 4) is 0 Å². The molecule has 1 N–H and O–H groups in total. The lowest BCUT2D eigenvalue weighted by Gasteiger charge is -2.09. The molecule has 1 aromatic heterocycles. The van der Waals surface area contributed by atoms with E-state index in [1.54, 1.807) is 6.07 Å². The molecule has 0 bridgehead atoms. The molecule has 3 nitrogen and oxygen atoms in total. The lowest BCUT2D eigenvalue weighted by atomic mass is 10.1. The first-order valence-electron chi connectivity index (χ1n) is 5.01. The second kappa shape index (κ2) is 5.14. The first-order chi connectivity index (χ1) is 7.38. The fourth-order valence-corrected chi connectivity index (χ4v) is 1.12. The number of nitrogens with zero attached hydrogens (tertiary/aromatic N) is 2. The molecule has 0 aliphatic carbocycles. The van der Waals surface area contributed by atoms with Crippen LogP contribution in [0, 0.1) is 0 Å². The van der Waals surface area contributed by atoms with Gasteiger partial charge in [0.25, 0.3) is 0 Å². The zero-order chi connectivity index (χ0) is 12.2. The van der Waals surface area contributed by atoms with Crippen LogP contribution >= 0.6 is 0 Å². The van der Waals surface area contributed by atoms with Crippen LogP contribution in [0.5, 0.6) is 0 Å². The highest BCUT2D eigenvalue weighted by molar-refractivity contribution is 5.35. The van der Waals surface area contributed by atoms with Gasteiger partial charge in [-0.05, 0) is 5.92 Å². The van der Waals surface area contributed by atoms with Gasteiger partial charge in [-0.2, -0.15) is 13.2 Å². The van der Waals surface area contributed by atoms with Crippen molar-refractivity contribution in [1.82, 2.24) is 9.97 Å². The van der Waals surface area contributed by atoms with Gasteiger partial charge in [0.2, 0.25) is 0 Å². The summed E-state index contributed by atoms with van der Waals surface area (Å²) in [6.45, 7) is 3.75. The molecule has 0 aliphatic rings. The Labute approximate surface area is 92.1 Å². The molecule has 0 unspecified atom stereocenters. The van der Waals surface area contributed by atoms with Crippen molar-refractivity contribution >= 4 is 5.82 Å². The van der Waals surface area contributed by atoms with E-state index in [-0.39, 0.29) is 12.5 Å². The van der Waals surface area contributed by atoms with Crippen molar-refractivity contribution < 1.29 is 13.2 Å². The number of nitrogens with one attached hydrogen (secondary N) is 1. The van der Waals surface area contributed by atoms with E-state index >= 15 is 0 Å². The zero-order valence-electron chi connectivity index (χ0n) is 9.17. The molecule has 6 heteroatoms. The minimum Gasteiger partial charge on any atom is -0.370 e. The Bertz CT molecular complexity index is 336. The van der Waals surface area contributed by atoms with Crippen LogP contribution in [0.4, 0.5) is 19.0 Å². The summed E-state index contributed by atoms with van der Waals surface area (Å²) < 4.78 is 35.7. The Morgan fingerprint density at radius 2 is 2.00 bits per heavy atom. The molecule has 0 aromatic carbocycles. The van der Waals surface area contributed by atoms with Crippen molar-refractivity contribution in [3.63, 3.8) is 0 Å². The molecule has 16 heavy (non-hydrogen) atoms. The first kappa shape index (κ1) is 12.7. The van der Waals surface area contributed by atoms with Gasteiger partial charge < -0.3 is 5.32 Å². The smallest absolute Gasteiger partial charge is 0.370 e. The van der Waals surface area contributed by atoms with Gasteiger partial charge >= 0.3 is 6.18 Å². The molecule has 0 atom stereocenters. The highest BCUT2D eigenvalue weighted by Gasteiger charge is 2.26. The van der Waals surface area contributed by atoms with Crippen molar-refractivity contribution in [1.29, 1.82) is 0 Å². The lowest BCUT2D eigenvalue weighted by molar-refractivity contribution is -0.131. The quantitative estimate of drug-likeness (QED) is 0.868. The summed E-state index contributed by atoms with van der Waals surface area (Å²) in [7, 11) is 0. The Morgan fingerprint density at radius 1 is 1.31 bits per heavy atom. The van der Waals surface area contributed by atoms with Gasteiger partial charge in [-0.1, -0.05) is 13.8 Å². The third-order valence-corrected chi connectivity index (χ3v) is 1.99. The van der Waals surface area contributed by atoms with Crippen LogP contribution < -0.4 is 5.32 Å². The molecule has 0 amide bonds. The average molecular weight is 233 g/mol. The fraction of sp³-hybridized carbons (Fsp3) is 0.600. The minimum atomic E-state index is -4.14. The van der Waals surface area contributed by atoms with E-state index in [9.17, 15) is 13.2 Å². The topological polar surface area (TPSA) is 37.8 Å². The van der Waals surface area contributed by atoms with Gasteiger partial charge in [0, 0.05) is 18.3 Å². The van der Waals surface area contributed by atoms with E-state index < -0.39 is 12.6 Å². The molecular formula is C10H14F3N3. The highest BCUT2D eigenvalue weighted by Crippen LogP contribution is 2.19. The normalized spacial score (nSPS) is 11.9. The summed E-state index contributed by atoms with van der Waals surface area (Å²) in [4.78, 5) is 7.87. The third kappa shape index (κ3) is 4.46. The van der Waals surface area contributed by atoms with Crippen molar-refractivity contribution in [2.24, 2.45) is 0 Å². The van der Waals surface area contributed by atoms with E-state index in [0.717, 1.165) is 5.69 Å². The van der Waals surface area contributed by atoms with Crippen molar-refractivity contribution in [2.75, 3.05) is 11.9 Å². The maximum Gasteiger partial charge on any atom is 0.390 e. The summed E-state index contributed by atoms with van der Waals surface area (Å²) in [5.41, 5.74) is 0.810. The maximum absolute atomic E-state index is 11.9. The predicted molar refractivity (Wildman–Crippen MR) is 55.3 cm³/mol. The summed E-state index contributed by atoms with van der Waals surface area (Å²) >= 11 is 0. The second-order valence-electron chi connectivity index (χ2n) is 3.77. The lowest BCUT2D eigenvalue weighted by Crippen LogP contribution is -2.15. The molecule has 0 saturated heterocycles. The number of alkyl halides is 3. The van der Waals surface area contributed by atoms with Crippen LogP contribution in [-0.4, -0.2) is 22.7 Å². The van der Waals surface area contributed by atoms with Crippen LogP contribution in [0.25, 0.3) is 0 Å². The van der Waals surface area contributed by atoms with E-state index in [1.165, 1.54) is 6.33 Å². The van der Waals surface area contributed by atoms with Gasteiger partial charge in [0.15, 0.2) is 0 Å². The zero-order valence-corrected chi connectivity index (χ0v) is 9.17. The van der Waals surface area contributed by atoms with Crippen LogP contribution in [0.3, 0.4) is 0 Å². The van der Waals surface area contributed by atoms with Crippen LogP contribution in [0.2, 0.25) is 0 Å². The van der Waals surface area contributed by atoms with Crippen molar-refractivity contribution in [3.05, 3.63) is 18.1 Å². The standard InChI is InChI=1S/C10H14F3N3/c1-7(2)8-5-9(16-6-15-8)14-4-3-10(11,12)13/h5-7H,3-4H2,1-2H3,(H,14,15,16). The van der Waals surface area contributed by atoms with E-state index in [1.807, 2.05) is 13.8 Å². The van der Waals surface area contributed by atoms with Gasteiger partial charge in [0.05, 0.1) is 6.42 Å². The Morgan fingerprint density at radius 3 is 2.56 bits per heavy atom. The van der Waals surface area contributed by atoms with E-state index in [0.29, 0.717) is 5.82 Å². The monoisotopic (exact) mass is 233 g/mol. The van der Waals surface area contributed by atoms with Gasteiger partial charge in [-0.15, -0.1) is 0 Å². The largest absolute Gasteiger partial charge is 0.390 e. The Kier molecular flexibility index (Phi) is 4.09.